The van der Waals surface area contributed by atoms with Crippen LogP contribution in [0.25, 0.3) is 16.7 Å². The van der Waals surface area contributed by atoms with Crippen molar-refractivity contribution in [1.29, 1.82) is 0 Å². The largest absolute Gasteiger partial charge is 0.508 e. The molecule has 2 N–H and O–H groups in total. The number of hydrogen-bond donors (Lipinski definition) is 2. The molecular formula is C16H11ClN4O. The van der Waals surface area contributed by atoms with Crippen LogP contribution in [0.3, 0.4) is 0 Å². The van der Waals surface area contributed by atoms with Crippen molar-refractivity contribution < 1.29 is 5.11 Å². The Hall–Kier alpha value is -2.79. The van der Waals surface area contributed by atoms with Gasteiger partial charge in [0.1, 0.15) is 5.75 Å². The highest BCUT2D eigenvalue weighted by atomic mass is 35.5. The molecule has 0 bridgehead atoms. The van der Waals surface area contributed by atoms with Crippen molar-refractivity contribution in [3.8, 4) is 5.75 Å². The van der Waals surface area contributed by atoms with Gasteiger partial charge in [0.2, 0.25) is 0 Å². The summed E-state index contributed by atoms with van der Waals surface area (Å²) in [6.07, 6.45) is 3.58. The van der Waals surface area contributed by atoms with Gasteiger partial charge in [-0.3, -0.25) is 4.40 Å². The molecule has 2 aromatic heterocycles. The number of rotatable bonds is 2. The molecule has 0 radical (unpaired) electrons. The Morgan fingerprint density at radius 1 is 1.14 bits per heavy atom. The highest BCUT2D eigenvalue weighted by Gasteiger charge is 2.10. The van der Waals surface area contributed by atoms with Crippen molar-refractivity contribution in [2.45, 2.75) is 0 Å². The van der Waals surface area contributed by atoms with E-state index in [1.165, 1.54) is 0 Å². The number of aromatic hydroxyl groups is 1. The average Bonchev–Trinajstić information content (AvgIpc) is 2.97. The molecule has 0 saturated carbocycles. The minimum atomic E-state index is 0.174. The third kappa shape index (κ3) is 2.12. The number of hydrogen-bond acceptors (Lipinski definition) is 4. The van der Waals surface area contributed by atoms with E-state index in [1.54, 1.807) is 18.3 Å². The first-order chi connectivity index (χ1) is 10.7. The third-order valence-electron chi connectivity index (χ3n) is 3.39. The Labute approximate surface area is 130 Å². The highest BCUT2D eigenvalue weighted by molar-refractivity contribution is 6.30. The van der Waals surface area contributed by atoms with Gasteiger partial charge in [-0.05, 0) is 30.3 Å². The van der Waals surface area contributed by atoms with Gasteiger partial charge >= 0.3 is 0 Å². The number of benzene rings is 2. The van der Waals surface area contributed by atoms with Gasteiger partial charge in [-0.2, -0.15) is 0 Å². The third-order valence-corrected chi connectivity index (χ3v) is 3.63. The van der Waals surface area contributed by atoms with E-state index in [2.05, 4.69) is 15.3 Å². The summed E-state index contributed by atoms with van der Waals surface area (Å²) in [7, 11) is 0. The summed E-state index contributed by atoms with van der Waals surface area (Å²) in [6.45, 7) is 0. The van der Waals surface area contributed by atoms with E-state index in [1.807, 2.05) is 40.9 Å². The average molecular weight is 311 g/mol. The first-order valence-electron chi connectivity index (χ1n) is 6.69. The monoisotopic (exact) mass is 310 g/mol. The minimum Gasteiger partial charge on any atom is -0.508 e. The van der Waals surface area contributed by atoms with E-state index in [0.29, 0.717) is 22.0 Å². The fourth-order valence-electron chi connectivity index (χ4n) is 2.44. The Kier molecular flexibility index (Phi) is 2.87. The zero-order valence-corrected chi connectivity index (χ0v) is 12.1. The van der Waals surface area contributed by atoms with Crippen LogP contribution in [0.4, 0.5) is 11.5 Å². The number of halogens is 1. The second kappa shape index (κ2) is 4.89. The van der Waals surface area contributed by atoms with Gasteiger partial charge < -0.3 is 10.4 Å². The van der Waals surface area contributed by atoms with Crippen molar-refractivity contribution in [3.05, 3.63) is 59.9 Å². The van der Waals surface area contributed by atoms with Gasteiger partial charge in [-0.15, -0.1) is 0 Å². The smallest absolute Gasteiger partial charge is 0.180 e. The van der Waals surface area contributed by atoms with Crippen LogP contribution < -0.4 is 5.32 Å². The van der Waals surface area contributed by atoms with Crippen molar-refractivity contribution in [1.82, 2.24) is 14.4 Å². The molecule has 0 fully saturated rings. The molecule has 4 aromatic rings. The molecule has 0 aliphatic rings. The molecule has 0 unspecified atom stereocenters. The van der Waals surface area contributed by atoms with E-state index in [-0.39, 0.29) is 5.75 Å². The van der Waals surface area contributed by atoms with Crippen LogP contribution in [0.1, 0.15) is 0 Å². The molecule has 22 heavy (non-hydrogen) atoms. The van der Waals surface area contributed by atoms with Gasteiger partial charge in [0.15, 0.2) is 11.5 Å². The topological polar surface area (TPSA) is 62.5 Å². The number of phenolic OH excluding ortho intramolecular Hbond substituents is 1. The first kappa shape index (κ1) is 12.9. The predicted octanol–water partition coefficient (Wildman–Crippen LogP) is 3.99. The number of nitrogens with one attached hydrogen (secondary N) is 1. The van der Waals surface area contributed by atoms with Gasteiger partial charge in [0, 0.05) is 29.2 Å². The zero-order chi connectivity index (χ0) is 15.1. The van der Waals surface area contributed by atoms with Crippen molar-refractivity contribution in [2.75, 3.05) is 5.32 Å². The lowest BCUT2D eigenvalue weighted by Crippen LogP contribution is -1.99. The zero-order valence-electron chi connectivity index (χ0n) is 11.4. The maximum atomic E-state index is 9.67. The van der Waals surface area contributed by atoms with E-state index in [4.69, 9.17) is 11.6 Å². The summed E-state index contributed by atoms with van der Waals surface area (Å²) in [5.74, 6) is 0.776. The predicted molar refractivity (Wildman–Crippen MR) is 86.9 cm³/mol. The summed E-state index contributed by atoms with van der Waals surface area (Å²) < 4.78 is 1.93. The van der Waals surface area contributed by atoms with Crippen LogP contribution in [0.15, 0.2) is 54.9 Å². The Morgan fingerprint density at radius 2 is 2.05 bits per heavy atom. The van der Waals surface area contributed by atoms with E-state index in [0.717, 1.165) is 11.2 Å². The van der Waals surface area contributed by atoms with Gasteiger partial charge in [0.05, 0.1) is 11.0 Å². The molecule has 0 atom stereocenters. The molecular weight excluding hydrogens is 300 g/mol. The van der Waals surface area contributed by atoms with E-state index >= 15 is 0 Å². The molecule has 0 aliphatic heterocycles. The second-order valence-electron chi connectivity index (χ2n) is 4.89. The van der Waals surface area contributed by atoms with Crippen molar-refractivity contribution >= 4 is 39.8 Å². The standard InChI is InChI=1S/C16H11ClN4O/c17-10-2-1-3-11(8-10)19-15-16-18-6-7-21(16)14-5-4-12(22)9-13(14)20-15/h1-9,22H,(H,19,20). The normalized spacial score (nSPS) is 11.1. The molecule has 4 rings (SSSR count). The minimum absolute atomic E-state index is 0.174. The number of aromatic nitrogens is 3. The van der Waals surface area contributed by atoms with Crippen molar-refractivity contribution in [2.24, 2.45) is 0 Å². The van der Waals surface area contributed by atoms with Crippen molar-refractivity contribution in [3.63, 3.8) is 0 Å². The van der Waals surface area contributed by atoms with Crippen LogP contribution in [-0.4, -0.2) is 19.5 Å². The summed E-state index contributed by atoms with van der Waals surface area (Å²) >= 11 is 6.01. The lowest BCUT2D eigenvalue weighted by molar-refractivity contribution is 0.476. The summed E-state index contributed by atoms with van der Waals surface area (Å²) in [4.78, 5) is 8.92. The highest BCUT2D eigenvalue weighted by Crippen LogP contribution is 2.26. The molecule has 0 saturated heterocycles. The second-order valence-corrected chi connectivity index (χ2v) is 5.33. The number of phenols is 1. The van der Waals surface area contributed by atoms with Crippen LogP contribution >= 0.6 is 11.6 Å². The number of imidazole rings is 1. The Balaban J connectivity index is 1.93. The number of fused-ring (bicyclic) bond motifs is 3. The molecule has 5 nitrogen and oxygen atoms in total. The van der Waals surface area contributed by atoms with Gasteiger partial charge in [-0.25, -0.2) is 9.97 Å². The van der Waals surface area contributed by atoms with Crippen LogP contribution in [0, 0.1) is 0 Å². The van der Waals surface area contributed by atoms with E-state index < -0.39 is 0 Å². The summed E-state index contributed by atoms with van der Waals surface area (Å²) in [5, 5.41) is 13.5. The van der Waals surface area contributed by atoms with Crippen LogP contribution in [-0.2, 0) is 0 Å². The Morgan fingerprint density at radius 3 is 2.91 bits per heavy atom. The van der Waals surface area contributed by atoms with Gasteiger partial charge in [0.25, 0.3) is 0 Å². The van der Waals surface area contributed by atoms with Gasteiger partial charge in [-0.1, -0.05) is 17.7 Å². The lowest BCUT2D eigenvalue weighted by atomic mass is 10.2. The molecule has 108 valence electrons. The number of anilines is 2. The Bertz CT molecular complexity index is 996. The fraction of sp³-hybridized carbons (Fsp3) is 0. The van der Waals surface area contributed by atoms with E-state index in [9.17, 15) is 5.11 Å². The quantitative estimate of drug-likeness (QED) is 0.588. The molecule has 0 aliphatic carbocycles. The number of nitrogens with zero attached hydrogens (tertiary/aromatic N) is 3. The maximum Gasteiger partial charge on any atom is 0.180 e. The lowest BCUT2D eigenvalue weighted by Gasteiger charge is -2.10. The fourth-order valence-corrected chi connectivity index (χ4v) is 2.63. The summed E-state index contributed by atoms with van der Waals surface area (Å²) in [5.41, 5.74) is 3.08. The SMILES string of the molecule is Oc1ccc2c(c1)nc(Nc1cccc(Cl)c1)c1nccn12. The molecule has 2 aromatic carbocycles. The molecule has 2 heterocycles. The van der Waals surface area contributed by atoms with Crippen LogP contribution in [0.5, 0.6) is 5.75 Å². The maximum absolute atomic E-state index is 9.67. The molecule has 0 amide bonds. The molecule has 6 heteroatoms. The van der Waals surface area contributed by atoms with Crippen LogP contribution in [0.2, 0.25) is 5.02 Å². The molecule has 0 spiro atoms. The summed E-state index contributed by atoms with van der Waals surface area (Å²) in [6, 6.07) is 12.5. The first-order valence-corrected chi connectivity index (χ1v) is 7.07.